The second-order valence-corrected chi connectivity index (χ2v) is 6.87. The zero-order valence-electron chi connectivity index (χ0n) is 15.3. The van der Waals surface area contributed by atoms with E-state index in [-0.39, 0.29) is 6.61 Å². The number of carbonyl (C=O) groups excluding carboxylic acids is 1. The predicted octanol–water partition coefficient (Wildman–Crippen LogP) is 1.98. The van der Waals surface area contributed by atoms with Gasteiger partial charge in [0.1, 0.15) is 18.2 Å². The van der Waals surface area contributed by atoms with Gasteiger partial charge in [0.25, 0.3) is 0 Å². The highest BCUT2D eigenvalue weighted by Gasteiger charge is 2.52. The zero-order chi connectivity index (χ0) is 19.3. The number of aliphatic hydroxyl groups excluding tert-OH is 1. The van der Waals surface area contributed by atoms with Crippen LogP contribution in [0.4, 0.5) is 4.79 Å². The zero-order valence-corrected chi connectivity index (χ0v) is 15.3. The van der Waals surface area contributed by atoms with Gasteiger partial charge in [-0.25, -0.2) is 4.79 Å². The van der Waals surface area contributed by atoms with Gasteiger partial charge in [0.15, 0.2) is 12.4 Å². The molecule has 0 saturated carbocycles. The van der Waals surface area contributed by atoms with Crippen molar-refractivity contribution in [3.63, 3.8) is 0 Å². The fourth-order valence-corrected chi connectivity index (χ4v) is 3.40. The smallest absolute Gasteiger partial charge is 0.408 e. The number of carbonyl (C=O) groups is 1. The number of alkyl carbamates (subject to hydrolysis) is 1. The fraction of sp³-hybridized carbons (Fsp3) is 0.381. The lowest BCUT2D eigenvalue weighted by Crippen LogP contribution is -2.60. The lowest BCUT2D eigenvalue weighted by molar-refractivity contribution is -0.265. The molecular formula is C21H23NO6. The minimum Gasteiger partial charge on any atom is -0.441 e. The standard InChI is InChI=1S/C21H23NO6/c23-18-16(13-25-11-14-7-3-1-4-8-14)27-20(17-19(18)28-21(24)22-17)26-12-15-9-5-2-6-10-15/h1-10,16-20,23H,11-13H2,(H,22,24)/t16?,17?,18-,19-,20+/m1/s1. The highest BCUT2D eigenvalue weighted by atomic mass is 16.7. The largest absolute Gasteiger partial charge is 0.441 e. The molecule has 2 aromatic carbocycles. The molecule has 7 heteroatoms. The van der Waals surface area contributed by atoms with Gasteiger partial charge >= 0.3 is 6.09 Å². The fourth-order valence-electron chi connectivity index (χ4n) is 3.40. The van der Waals surface area contributed by atoms with Crippen LogP contribution in [0.3, 0.4) is 0 Å². The van der Waals surface area contributed by atoms with E-state index in [0.717, 1.165) is 11.1 Å². The first-order valence-electron chi connectivity index (χ1n) is 9.28. The molecule has 148 valence electrons. The highest BCUT2D eigenvalue weighted by molar-refractivity contribution is 5.70. The number of hydrogen-bond acceptors (Lipinski definition) is 6. The third-order valence-corrected chi connectivity index (χ3v) is 4.85. The molecule has 0 aromatic heterocycles. The monoisotopic (exact) mass is 385 g/mol. The molecule has 0 bridgehead atoms. The maximum Gasteiger partial charge on any atom is 0.408 e. The van der Waals surface area contributed by atoms with Crippen molar-refractivity contribution in [2.24, 2.45) is 0 Å². The third-order valence-electron chi connectivity index (χ3n) is 4.85. The van der Waals surface area contributed by atoms with Crippen LogP contribution in [0.5, 0.6) is 0 Å². The topological polar surface area (TPSA) is 86.3 Å². The summed E-state index contributed by atoms with van der Waals surface area (Å²) in [6.45, 7) is 0.870. The van der Waals surface area contributed by atoms with Gasteiger partial charge in [-0.2, -0.15) is 0 Å². The Morgan fingerprint density at radius 3 is 2.29 bits per heavy atom. The summed E-state index contributed by atoms with van der Waals surface area (Å²) in [5.41, 5.74) is 2.01. The number of hydrogen-bond donors (Lipinski definition) is 2. The van der Waals surface area contributed by atoms with Crippen LogP contribution in [0.2, 0.25) is 0 Å². The Kier molecular flexibility index (Phi) is 5.87. The maximum atomic E-state index is 11.7. The molecule has 2 fully saturated rings. The number of fused-ring (bicyclic) bond motifs is 1. The van der Waals surface area contributed by atoms with Crippen LogP contribution in [0.15, 0.2) is 60.7 Å². The lowest BCUT2D eigenvalue weighted by Gasteiger charge is -2.39. The molecule has 1 amide bonds. The molecular weight excluding hydrogens is 362 g/mol. The van der Waals surface area contributed by atoms with Crippen molar-refractivity contribution in [1.82, 2.24) is 5.32 Å². The lowest BCUT2D eigenvalue weighted by atomic mass is 9.98. The molecule has 7 nitrogen and oxygen atoms in total. The molecule has 0 spiro atoms. The van der Waals surface area contributed by atoms with Crippen molar-refractivity contribution in [3.05, 3.63) is 71.8 Å². The summed E-state index contributed by atoms with van der Waals surface area (Å²) in [5, 5.41) is 13.2. The summed E-state index contributed by atoms with van der Waals surface area (Å²) in [4.78, 5) is 11.7. The van der Waals surface area contributed by atoms with E-state index < -0.39 is 36.7 Å². The van der Waals surface area contributed by atoms with E-state index in [9.17, 15) is 9.90 Å². The predicted molar refractivity (Wildman–Crippen MR) is 99.2 cm³/mol. The van der Waals surface area contributed by atoms with E-state index >= 15 is 0 Å². The summed E-state index contributed by atoms with van der Waals surface area (Å²) in [5.74, 6) is 0. The third kappa shape index (κ3) is 4.34. The first-order chi connectivity index (χ1) is 13.7. The van der Waals surface area contributed by atoms with Crippen LogP contribution < -0.4 is 5.32 Å². The Labute approximate surface area is 163 Å². The molecule has 28 heavy (non-hydrogen) atoms. The van der Waals surface area contributed by atoms with Gasteiger partial charge in [0.2, 0.25) is 0 Å². The van der Waals surface area contributed by atoms with Crippen LogP contribution in [0, 0.1) is 0 Å². The van der Waals surface area contributed by atoms with Crippen LogP contribution in [0.1, 0.15) is 11.1 Å². The van der Waals surface area contributed by atoms with E-state index in [1.807, 2.05) is 60.7 Å². The Hall–Kier alpha value is -2.45. The van der Waals surface area contributed by atoms with E-state index in [1.54, 1.807) is 0 Å². The van der Waals surface area contributed by atoms with Crippen molar-refractivity contribution in [2.75, 3.05) is 6.61 Å². The summed E-state index contributed by atoms with van der Waals surface area (Å²) >= 11 is 0. The van der Waals surface area contributed by atoms with Gasteiger partial charge in [-0.05, 0) is 11.1 Å². The van der Waals surface area contributed by atoms with Gasteiger partial charge in [0.05, 0.1) is 19.8 Å². The summed E-state index contributed by atoms with van der Waals surface area (Å²) < 4.78 is 22.8. The SMILES string of the molecule is O=C1NC2[C@@H](OCc3ccccc3)OC(COCc3ccccc3)[C@@H](O)[C@@H]2O1. The summed E-state index contributed by atoms with van der Waals surface area (Å²) in [7, 11) is 0. The molecule has 2 aromatic rings. The van der Waals surface area contributed by atoms with Crippen molar-refractivity contribution in [2.45, 2.75) is 43.9 Å². The van der Waals surface area contributed by atoms with Crippen LogP contribution in [-0.4, -0.2) is 48.5 Å². The molecule has 2 heterocycles. The Balaban J connectivity index is 1.38. The Bertz CT molecular complexity index is 771. The molecule has 0 radical (unpaired) electrons. The molecule has 5 atom stereocenters. The number of nitrogens with one attached hydrogen (secondary N) is 1. The highest BCUT2D eigenvalue weighted by Crippen LogP contribution is 2.29. The second-order valence-electron chi connectivity index (χ2n) is 6.87. The van der Waals surface area contributed by atoms with Gasteiger partial charge in [-0.3, -0.25) is 0 Å². The maximum absolute atomic E-state index is 11.7. The number of benzene rings is 2. The number of aliphatic hydroxyl groups is 1. The normalized spacial score (nSPS) is 29.0. The number of ether oxygens (including phenoxy) is 4. The van der Waals surface area contributed by atoms with Crippen molar-refractivity contribution >= 4 is 6.09 Å². The minimum absolute atomic E-state index is 0.155. The van der Waals surface area contributed by atoms with E-state index in [2.05, 4.69) is 5.32 Å². The first-order valence-corrected chi connectivity index (χ1v) is 9.28. The van der Waals surface area contributed by atoms with Crippen LogP contribution in [0.25, 0.3) is 0 Å². The second kappa shape index (κ2) is 8.70. The quantitative estimate of drug-likeness (QED) is 0.758. The van der Waals surface area contributed by atoms with Crippen molar-refractivity contribution < 1.29 is 28.8 Å². The van der Waals surface area contributed by atoms with Crippen LogP contribution >= 0.6 is 0 Å². The van der Waals surface area contributed by atoms with Gasteiger partial charge in [-0.15, -0.1) is 0 Å². The molecule has 2 N–H and O–H groups in total. The molecule has 2 unspecified atom stereocenters. The van der Waals surface area contributed by atoms with Crippen molar-refractivity contribution in [3.8, 4) is 0 Å². The molecule has 0 aliphatic carbocycles. The van der Waals surface area contributed by atoms with Gasteiger partial charge < -0.3 is 29.4 Å². The minimum atomic E-state index is -1.00. The Morgan fingerprint density at radius 1 is 0.964 bits per heavy atom. The summed E-state index contributed by atoms with van der Waals surface area (Å²) in [6.07, 6.45) is -3.75. The molecule has 2 aliphatic heterocycles. The average molecular weight is 385 g/mol. The number of rotatable bonds is 7. The van der Waals surface area contributed by atoms with E-state index in [0.29, 0.717) is 13.2 Å². The summed E-state index contributed by atoms with van der Waals surface area (Å²) in [6, 6.07) is 18.8. The number of amides is 1. The van der Waals surface area contributed by atoms with Gasteiger partial charge in [-0.1, -0.05) is 60.7 Å². The molecule has 4 rings (SSSR count). The van der Waals surface area contributed by atoms with Gasteiger partial charge in [0, 0.05) is 0 Å². The van der Waals surface area contributed by atoms with Crippen LogP contribution in [-0.2, 0) is 32.2 Å². The Morgan fingerprint density at radius 2 is 1.61 bits per heavy atom. The molecule has 2 saturated heterocycles. The first kappa shape index (κ1) is 18.9. The average Bonchev–Trinajstić information content (AvgIpc) is 3.12. The molecule has 2 aliphatic rings. The van der Waals surface area contributed by atoms with E-state index in [1.165, 1.54) is 0 Å². The van der Waals surface area contributed by atoms with Crippen molar-refractivity contribution in [1.29, 1.82) is 0 Å². The van der Waals surface area contributed by atoms with E-state index in [4.69, 9.17) is 18.9 Å².